The van der Waals surface area contributed by atoms with Crippen LogP contribution in [0.1, 0.15) is 34.6 Å². The minimum absolute atomic E-state index is 0.388. The first-order valence-corrected chi connectivity index (χ1v) is 7.70. The lowest BCUT2D eigenvalue weighted by molar-refractivity contribution is 0.458. The van der Waals surface area contributed by atoms with Crippen LogP contribution in [-0.4, -0.2) is 14.5 Å². The van der Waals surface area contributed by atoms with Gasteiger partial charge in [0.25, 0.3) is 0 Å². The summed E-state index contributed by atoms with van der Waals surface area (Å²) in [4.78, 5) is 0. The van der Waals surface area contributed by atoms with Crippen LogP contribution in [0.2, 0.25) is 18.1 Å². The molecule has 0 amide bonds. The van der Waals surface area contributed by atoms with E-state index in [4.69, 9.17) is 0 Å². The minimum Gasteiger partial charge on any atom is -0.333 e. The van der Waals surface area contributed by atoms with E-state index in [2.05, 4.69) is 45.4 Å². The van der Waals surface area contributed by atoms with Gasteiger partial charge in [0.1, 0.15) is 0 Å². The van der Waals surface area contributed by atoms with E-state index in [9.17, 15) is 0 Å². The van der Waals surface area contributed by atoms with E-state index in [-0.39, 0.29) is 0 Å². The fourth-order valence-electron chi connectivity index (χ4n) is 1.20. The Morgan fingerprint density at radius 2 is 1.67 bits per heavy atom. The standard InChI is InChI=1S/C10H23NSi/c1-8-11-12(6,7)10(4,5)9(2)3/h8-9H,1-7H3/b11-8+. The van der Waals surface area contributed by atoms with Crippen molar-refractivity contribution < 1.29 is 0 Å². The maximum absolute atomic E-state index is 4.66. The Bertz CT molecular complexity index is 169. The molecule has 0 fully saturated rings. The van der Waals surface area contributed by atoms with Crippen molar-refractivity contribution in [2.75, 3.05) is 0 Å². The molecule has 0 unspecified atom stereocenters. The molecule has 0 heterocycles. The highest BCUT2D eigenvalue weighted by atomic mass is 28.3. The third kappa shape index (κ3) is 2.19. The first-order chi connectivity index (χ1) is 5.25. The zero-order valence-corrected chi connectivity index (χ0v) is 10.6. The summed E-state index contributed by atoms with van der Waals surface area (Å²) < 4.78 is 4.66. The smallest absolute Gasteiger partial charge is 0.180 e. The molecule has 0 spiro atoms. The predicted molar refractivity (Wildman–Crippen MR) is 60.5 cm³/mol. The molecule has 0 bridgehead atoms. The lowest BCUT2D eigenvalue weighted by Crippen LogP contribution is -2.40. The quantitative estimate of drug-likeness (QED) is 0.469. The Balaban J connectivity index is 4.74. The predicted octanol–water partition coefficient (Wildman–Crippen LogP) is 3.72. The fourth-order valence-corrected chi connectivity index (χ4v) is 3.59. The zero-order valence-electron chi connectivity index (χ0n) is 9.60. The molecular weight excluding hydrogens is 162 g/mol. The molecular formula is C10H23NSi. The van der Waals surface area contributed by atoms with Gasteiger partial charge < -0.3 is 4.66 Å². The maximum atomic E-state index is 4.66. The molecule has 2 heteroatoms. The second-order valence-corrected chi connectivity index (χ2v) is 9.49. The number of nitrogens with zero attached hydrogens (tertiary/aromatic N) is 1. The lowest BCUT2D eigenvalue weighted by atomic mass is 9.99. The molecule has 0 aromatic carbocycles. The monoisotopic (exact) mass is 185 g/mol. The van der Waals surface area contributed by atoms with Gasteiger partial charge in [-0.3, -0.25) is 0 Å². The average Bonchev–Trinajstić information content (AvgIpc) is 1.86. The lowest BCUT2D eigenvalue weighted by Gasteiger charge is -2.39. The second-order valence-electron chi connectivity index (χ2n) is 4.82. The first kappa shape index (κ1) is 11.9. The Kier molecular flexibility index (Phi) is 3.70. The van der Waals surface area contributed by atoms with Gasteiger partial charge in [0.05, 0.1) is 0 Å². The molecule has 0 radical (unpaired) electrons. The summed E-state index contributed by atoms with van der Waals surface area (Å²) in [5, 5.41) is 0.388. The molecule has 0 N–H and O–H groups in total. The third-order valence-electron chi connectivity index (χ3n) is 3.47. The van der Waals surface area contributed by atoms with Gasteiger partial charge in [-0.25, -0.2) is 0 Å². The van der Waals surface area contributed by atoms with Crippen LogP contribution >= 0.6 is 0 Å². The second kappa shape index (κ2) is 3.73. The van der Waals surface area contributed by atoms with Crippen LogP contribution < -0.4 is 0 Å². The fraction of sp³-hybridized carbons (Fsp3) is 0.900. The first-order valence-electron chi connectivity index (χ1n) is 4.75. The van der Waals surface area contributed by atoms with E-state index in [1.807, 2.05) is 13.1 Å². The van der Waals surface area contributed by atoms with Crippen LogP contribution in [0.4, 0.5) is 0 Å². The van der Waals surface area contributed by atoms with Crippen molar-refractivity contribution in [3.05, 3.63) is 0 Å². The van der Waals surface area contributed by atoms with Crippen molar-refractivity contribution >= 4 is 14.5 Å². The van der Waals surface area contributed by atoms with Gasteiger partial charge in [-0.2, -0.15) is 0 Å². The van der Waals surface area contributed by atoms with Crippen molar-refractivity contribution in [2.24, 2.45) is 10.6 Å². The van der Waals surface area contributed by atoms with Gasteiger partial charge in [-0.1, -0.05) is 27.7 Å². The van der Waals surface area contributed by atoms with Gasteiger partial charge in [0, 0.05) is 0 Å². The van der Waals surface area contributed by atoms with Crippen molar-refractivity contribution in [1.82, 2.24) is 0 Å². The van der Waals surface area contributed by atoms with E-state index in [0.717, 1.165) is 0 Å². The van der Waals surface area contributed by atoms with E-state index in [1.165, 1.54) is 0 Å². The number of hydrogen-bond donors (Lipinski definition) is 0. The summed E-state index contributed by atoms with van der Waals surface area (Å²) >= 11 is 0. The SMILES string of the molecule is C/C=N/[Si](C)(C)C(C)(C)C(C)C. The van der Waals surface area contributed by atoms with E-state index >= 15 is 0 Å². The summed E-state index contributed by atoms with van der Waals surface area (Å²) in [5.41, 5.74) is 0. The number of hydrogen-bond acceptors (Lipinski definition) is 1. The molecule has 1 nitrogen and oxygen atoms in total. The highest BCUT2D eigenvalue weighted by Gasteiger charge is 2.41. The van der Waals surface area contributed by atoms with Gasteiger partial charge in [-0.15, -0.1) is 0 Å². The van der Waals surface area contributed by atoms with Crippen LogP contribution in [0.25, 0.3) is 0 Å². The van der Waals surface area contributed by atoms with Crippen molar-refractivity contribution in [2.45, 2.75) is 52.8 Å². The topological polar surface area (TPSA) is 12.4 Å². The molecule has 72 valence electrons. The summed E-state index contributed by atoms with van der Waals surface area (Å²) in [6, 6.07) is 0. The van der Waals surface area contributed by atoms with Crippen molar-refractivity contribution in [3.8, 4) is 0 Å². The molecule has 0 saturated heterocycles. The van der Waals surface area contributed by atoms with Crippen LogP contribution in [0.15, 0.2) is 4.66 Å². The van der Waals surface area contributed by atoms with Crippen LogP contribution in [0, 0.1) is 5.92 Å². The Morgan fingerprint density at radius 1 is 1.25 bits per heavy atom. The molecule has 0 atom stereocenters. The van der Waals surface area contributed by atoms with Crippen molar-refractivity contribution in [1.29, 1.82) is 0 Å². The van der Waals surface area contributed by atoms with E-state index < -0.39 is 8.24 Å². The molecule has 12 heavy (non-hydrogen) atoms. The molecule has 0 aliphatic heterocycles. The van der Waals surface area contributed by atoms with Gasteiger partial charge >= 0.3 is 0 Å². The van der Waals surface area contributed by atoms with Crippen LogP contribution in [-0.2, 0) is 0 Å². The van der Waals surface area contributed by atoms with Gasteiger partial charge in [-0.05, 0) is 37.2 Å². The van der Waals surface area contributed by atoms with E-state index in [1.54, 1.807) is 0 Å². The molecule has 0 aromatic heterocycles. The molecule has 0 saturated carbocycles. The van der Waals surface area contributed by atoms with Gasteiger partial charge in [0.2, 0.25) is 0 Å². The molecule has 0 aliphatic rings. The molecule has 0 aromatic rings. The summed E-state index contributed by atoms with van der Waals surface area (Å²) in [7, 11) is -1.42. The molecule has 0 rings (SSSR count). The highest BCUT2D eigenvalue weighted by Crippen LogP contribution is 2.44. The van der Waals surface area contributed by atoms with Crippen molar-refractivity contribution in [3.63, 3.8) is 0 Å². The summed E-state index contributed by atoms with van der Waals surface area (Å²) in [6.45, 7) is 16.0. The average molecular weight is 185 g/mol. The summed E-state index contributed by atoms with van der Waals surface area (Å²) in [5.74, 6) is 0.711. The Hall–Kier alpha value is -0.113. The van der Waals surface area contributed by atoms with Crippen LogP contribution in [0.5, 0.6) is 0 Å². The molecule has 0 aliphatic carbocycles. The zero-order chi connectivity index (χ0) is 9.99. The Morgan fingerprint density at radius 3 is 1.92 bits per heavy atom. The Labute approximate surface area is 78.4 Å². The van der Waals surface area contributed by atoms with E-state index in [0.29, 0.717) is 11.0 Å². The van der Waals surface area contributed by atoms with Crippen LogP contribution in [0.3, 0.4) is 0 Å². The maximum Gasteiger partial charge on any atom is 0.180 e. The number of rotatable bonds is 3. The third-order valence-corrected chi connectivity index (χ3v) is 8.11. The summed E-state index contributed by atoms with van der Waals surface area (Å²) in [6.07, 6.45) is 1.97. The largest absolute Gasteiger partial charge is 0.333 e. The minimum atomic E-state index is -1.42. The van der Waals surface area contributed by atoms with Gasteiger partial charge in [0.15, 0.2) is 8.24 Å². The highest BCUT2D eigenvalue weighted by molar-refractivity contribution is 6.79. The normalized spacial score (nSPS) is 14.7.